The maximum absolute atomic E-state index is 10.2. The SMILES string of the molecule is CCCCCCCC[PH](=O)[O-].CCCCCCCC[PH](=O)[O-].CCCCCCCC[PH](=O)[O-].CCCCCCCC[PH](=O)[O-].CCCCCCCC[PH](=O)[O-].CCCCCCCC[PH](=O)[O-].[Mo+6]. The molecular weight excluding hydrogens is 1050 g/mol. The molecule has 0 aromatic carbocycles. The van der Waals surface area contributed by atoms with Crippen LogP contribution >= 0.6 is 48.2 Å². The van der Waals surface area contributed by atoms with Crippen molar-refractivity contribution in [1.82, 2.24) is 0 Å². The van der Waals surface area contributed by atoms with E-state index < -0.39 is 48.2 Å². The van der Waals surface area contributed by atoms with Crippen LogP contribution < -0.4 is 29.4 Å². The Labute approximate surface area is 433 Å². The van der Waals surface area contributed by atoms with Gasteiger partial charge in [-0.2, -0.15) is 0 Å². The van der Waals surface area contributed by atoms with Crippen LogP contribution in [0.2, 0.25) is 0 Å². The Kier molecular flexibility index (Phi) is 98.0. The Morgan fingerprint density at radius 1 is 0.194 bits per heavy atom. The fraction of sp³-hybridized carbons (Fsp3) is 1.00. The summed E-state index contributed by atoms with van der Waals surface area (Å²) < 4.78 is 61.0. The molecule has 6 atom stereocenters. The maximum atomic E-state index is 10.2. The molecule has 0 rings (SSSR count). The van der Waals surface area contributed by atoms with Gasteiger partial charge in [0.25, 0.3) is 0 Å². The second-order valence-corrected chi connectivity index (χ2v) is 24.8. The van der Waals surface area contributed by atoms with Gasteiger partial charge in [0.05, 0.1) is 0 Å². The second kappa shape index (κ2) is 79.2. The molecule has 0 amide bonds. The van der Waals surface area contributed by atoms with Crippen molar-refractivity contribution in [2.24, 2.45) is 0 Å². The Morgan fingerprint density at radius 3 is 0.373 bits per heavy atom. The molecular formula is C48H108MoO12P6. The first-order chi connectivity index (χ1) is 31.6. The van der Waals surface area contributed by atoms with Gasteiger partial charge in [0.15, 0.2) is 0 Å². The molecule has 19 heteroatoms. The third-order valence-electron chi connectivity index (χ3n) is 10.4. The van der Waals surface area contributed by atoms with Gasteiger partial charge in [-0.3, -0.25) is 0 Å². The van der Waals surface area contributed by atoms with E-state index in [4.69, 9.17) is 0 Å². The summed E-state index contributed by atoms with van der Waals surface area (Å²) in [4.78, 5) is 61.0. The standard InChI is InChI=1S/6C8H19O2P.Mo/c6*1-2-3-4-5-6-7-8-11(9)10;/h6*11H,2-8H2,1H3,(H,9,10);/q;;;;;;+6/p-6. The number of rotatable bonds is 42. The fourth-order valence-electron chi connectivity index (χ4n) is 6.30. The van der Waals surface area contributed by atoms with Crippen molar-refractivity contribution in [2.75, 3.05) is 37.0 Å². The van der Waals surface area contributed by atoms with Crippen molar-refractivity contribution in [3.8, 4) is 0 Å². The van der Waals surface area contributed by atoms with Gasteiger partial charge in [0.2, 0.25) is 0 Å². The number of hydrogen-bond acceptors (Lipinski definition) is 12. The van der Waals surface area contributed by atoms with E-state index in [0.29, 0.717) is 37.0 Å². The van der Waals surface area contributed by atoms with E-state index in [1.165, 1.54) is 154 Å². The first-order valence-electron chi connectivity index (χ1n) is 26.8. The minimum Gasteiger partial charge on any atom is -0.802 e. The van der Waals surface area contributed by atoms with Crippen molar-refractivity contribution < 1.29 is 77.8 Å². The van der Waals surface area contributed by atoms with E-state index in [2.05, 4.69) is 41.5 Å². The van der Waals surface area contributed by atoms with Crippen LogP contribution in [0.1, 0.15) is 273 Å². The first-order valence-corrected chi connectivity index (χ1v) is 36.0. The Balaban J connectivity index is -0.000000129. The molecule has 0 aromatic heterocycles. The molecule has 0 aliphatic rings. The summed E-state index contributed by atoms with van der Waals surface area (Å²) in [6, 6.07) is 0. The Bertz CT molecular complexity index is 835. The monoisotopic (exact) mass is 1160 g/mol. The topological polar surface area (TPSA) is 241 Å². The van der Waals surface area contributed by atoms with Gasteiger partial charge in [0.1, 0.15) is 0 Å². The van der Waals surface area contributed by atoms with Crippen LogP contribution in [0.25, 0.3) is 0 Å². The van der Waals surface area contributed by atoms with Crippen LogP contribution in [-0.2, 0) is 48.5 Å². The zero-order chi connectivity index (χ0) is 51.2. The van der Waals surface area contributed by atoms with Crippen LogP contribution in [0.3, 0.4) is 0 Å². The van der Waals surface area contributed by atoms with Crippen molar-refractivity contribution in [3.63, 3.8) is 0 Å². The van der Waals surface area contributed by atoms with E-state index >= 15 is 0 Å². The molecule has 12 nitrogen and oxygen atoms in total. The van der Waals surface area contributed by atoms with Crippen LogP contribution in [0.4, 0.5) is 0 Å². The van der Waals surface area contributed by atoms with Gasteiger partial charge in [-0.15, -0.1) is 0 Å². The molecule has 67 heavy (non-hydrogen) atoms. The summed E-state index contributed by atoms with van der Waals surface area (Å²) in [7, 11) is -14.6. The predicted molar refractivity (Wildman–Crippen MR) is 283 cm³/mol. The Hall–Kier alpha value is 1.83. The molecule has 0 fully saturated rings. The molecule has 0 aromatic rings. The van der Waals surface area contributed by atoms with Crippen LogP contribution in [0, 0.1) is 0 Å². The van der Waals surface area contributed by atoms with E-state index in [1.807, 2.05) is 0 Å². The van der Waals surface area contributed by atoms with Gasteiger partial charge in [-0.05, 0) is 75.5 Å². The molecule has 0 N–H and O–H groups in total. The molecule has 0 bridgehead atoms. The molecule has 0 saturated carbocycles. The molecule has 0 aliphatic carbocycles. The minimum absolute atomic E-state index is 0. The second-order valence-electron chi connectivity index (χ2n) is 17.3. The molecule has 6 unspecified atom stereocenters. The van der Waals surface area contributed by atoms with E-state index in [1.54, 1.807) is 0 Å². The molecule has 0 aliphatic heterocycles. The smallest absolute Gasteiger partial charge is 0.802 e. The van der Waals surface area contributed by atoms with Gasteiger partial charge in [-0.25, -0.2) is 0 Å². The fourth-order valence-corrected chi connectivity index (χ4v) is 9.53. The van der Waals surface area contributed by atoms with Gasteiger partial charge >= 0.3 is 21.1 Å². The van der Waals surface area contributed by atoms with E-state index in [0.717, 1.165) is 77.0 Å². The Morgan fingerprint density at radius 2 is 0.284 bits per heavy atom. The minimum atomic E-state index is -2.43. The zero-order valence-corrected chi connectivity index (χ0v) is 52.0. The summed E-state index contributed by atoms with van der Waals surface area (Å²) in [5.41, 5.74) is 0. The molecule has 0 spiro atoms. The number of hydrogen-bond donors (Lipinski definition) is 0. The summed E-state index contributed by atoms with van der Waals surface area (Å²) >= 11 is 0. The van der Waals surface area contributed by atoms with Crippen LogP contribution in [0.15, 0.2) is 0 Å². The summed E-state index contributed by atoms with van der Waals surface area (Å²) in [6.07, 6.45) is 44.1. The van der Waals surface area contributed by atoms with Crippen molar-refractivity contribution in [3.05, 3.63) is 0 Å². The summed E-state index contributed by atoms with van der Waals surface area (Å²) in [6.45, 7) is 13.1. The third-order valence-corrected chi connectivity index (χ3v) is 15.0. The predicted octanol–water partition coefficient (Wildman–Crippen LogP) is 13.1. The largest absolute Gasteiger partial charge is 6.00 e. The average molecular weight is 1160 g/mol. The van der Waals surface area contributed by atoms with Crippen molar-refractivity contribution in [2.45, 2.75) is 273 Å². The third kappa shape index (κ3) is 118. The van der Waals surface area contributed by atoms with E-state index in [9.17, 15) is 56.8 Å². The zero-order valence-electron chi connectivity index (χ0n) is 44.0. The van der Waals surface area contributed by atoms with Crippen molar-refractivity contribution >= 4 is 48.2 Å². The molecule has 408 valence electrons. The average Bonchev–Trinajstić information content (AvgIpc) is 3.26. The molecule has 0 saturated heterocycles. The van der Waals surface area contributed by atoms with Crippen molar-refractivity contribution in [1.29, 1.82) is 0 Å². The van der Waals surface area contributed by atoms with E-state index in [-0.39, 0.29) is 21.1 Å². The summed E-state index contributed by atoms with van der Waals surface area (Å²) in [5.74, 6) is 0. The summed E-state index contributed by atoms with van der Waals surface area (Å²) in [5, 5.41) is 0. The first kappa shape index (κ1) is 82.8. The maximum Gasteiger partial charge on any atom is 6.00 e. The molecule has 0 radical (unpaired) electrons. The number of unbranched alkanes of at least 4 members (excludes halogenated alkanes) is 30. The van der Waals surface area contributed by atoms with Gasteiger partial charge in [-0.1, -0.05) is 234 Å². The quantitative estimate of drug-likeness (QED) is 0.0315. The molecule has 0 heterocycles. The van der Waals surface area contributed by atoms with Gasteiger partial charge < -0.3 is 56.8 Å². The van der Waals surface area contributed by atoms with Crippen LogP contribution in [-0.4, -0.2) is 37.0 Å². The normalized spacial score (nSPS) is 13.1. The van der Waals surface area contributed by atoms with Crippen LogP contribution in [0.5, 0.6) is 0 Å². The van der Waals surface area contributed by atoms with Gasteiger partial charge in [0, 0.05) is 48.2 Å².